The number of hydrogen-bond acceptors (Lipinski definition) is 5. The maximum atomic E-state index is 12.5. The van der Waals surface area contributed by atoms with Crippen LogP contribution in [0.1, 0.15) is 0 Å². The van der Waals surface area contributed by atoms with Crippen LogP contribution in [0.25, 0.3) is 0 Å². The maximum Gasteiger partial charge on any atom is 0.266 e. The van der Waals surface area contributed by atoms with E-state index in [1.54, 1.807) is 24.3 Å². The average molecular weight is 383 g/mol. The van der Waals surface area contributed by atoms with Crippen LogP contribution in [0.15, 0.2) is 47.4 Å². The third-order valence-electron chi connectivity index (χ3n) is 3.58. The zero-order chi connectivity index (χ0) is 18.0. The molecule has 1 amide bonds. The first-order chi connectivity index (χ1) is 11.9. The Balaban J connectivity index is 1.77. The Hall–Kier alpha value is -2.29. The topological polar surface area (TPSA) is 93.7 Å². The van der Waals surface area contributed by atoms with Crippen LogP contribution in [-0.4, -0.2) is 34.1 Å². The lowest BCUT2D eigenvalue weighted by molar-refractivity contribution is -0.123. The van der Waals surface area contributed by atoms with Crippen molar-refractivity contribution in [2.24, 2.45) is 0 Å². The number of halogens is 1. The van der Waals surface area contributed by atoms with Crippen molar-refractivity contribution in [1.82, 2.24) is 4.72 Å². The summed E-state index contributed by atoms with van der Waals surface area (Å²) in [5, 5.41) is 2.92. The summed E-state index contributed by atoms with van der Waals surface area (Å²) in [7, 11) is -2.59. The number of nitrogens with one attached hydrogen (secondary N) is 2. The lowest BCUT2D eigenvalue weighted by Crippen LogP contribution is -2.45. The zero-order valence-corrected chi connectivity index (χ0v) is 14.7. The quantitative estimate of drug-likeness (QED) is 0.825. The van der Waals surface area contributed by atoms with Crippen LogP contribution >= 0.6 is 11.6 Å². The molecular formula is C16H15ClN2O5S. The predicted molar refractivity (Wildman–Crippen MR) is 92.7 cm³/mol. The van der Waals surface area contributed by atoms with Crippen molar-refractivity contribution in [3.63, 3.8) is 0 Å². The van der Waals surface area contributed by atoms with Gasteiger partial charge in [-0.15, -0.1) is 0 Å². The fraction of sp³-hybridized carbons (Fsp3) is 0.188. The highest BCUT2D eigenvalue weighted by Crippen LogP contribution is 2.29. The second kappa shape index (κ2) is 6.91. The Morgan fingerprint density at radius 2 is 2.04 bits per heavy atom. The minimum Gasteiger partial charge on any atom is -0.495 e. The van der Waals surface area contributed by atoms with Crippen LogP contribution in [0.5, 0.6) is 11.5 Å². The Labute approximate surface area is 149 Å². The number of anilines is 1. The summed E-state index contributed by atoms with van der Waals surface area (Å²) in [6.45, 7) is -0.238. The molecule has 0 aromatic heterocycles. The minimum absolute atomic E-state index is 0.112. The number of amides is 1. The first-order valence-corrected chi connectivity index (χ1v) is 9.16. The van der Waals surface area contributed by atoms with Crippen molar-refractivity contribution in [2.45, 2.75) is 11.0 Å². The molecule has 0 saturated carbocycles. The van der Waals surface area contributed by atoms with E-state index in [0.717, 1.165) is 0 Å². The fourth-order valence-electron chi connectivity index (χ4n) is 2.35. The molecule has 2 aromatic carbocycles. The van der Waals surface area contributed by atoms with Crippen LogP contribution in [0.3, 0.4) is 0 Å². The van der Waals surface area contributed by atoms with E-state index in [1.165, 1.54) is 25.3 Å². The van der Waals surface area contributed by atoms with Gasteiger partial charge in [0.2, 0.25) is 10.0 Å². The number of para-hydroxylation sites is 2. The van der Waals surface area contributed by atoms with Crippen LogP contribution in [0, 0.1) is 0 Å². The maximum absolute atomic E-state index is 12.5. The van der Waals surface area contributed by atoms with Gasteiger partial charge in [-0.3, -0.25) is 4.79 Å². The molecule has 1 heterocycles. The molecule has 2 N–H and O–H groups in total. The summed E-state index contributed by atoms with van der Waals surface area (Å²) >= 11 is 5.87. The number of methoxy groups -OCH3 is 1. The van der Waals surface area contributed by atoms with Crippen LogP contribution in [-0.2, 0) is 14.8 Å². The van der Waals surface area contributed by atoms with Gasteiger partial charge in [0.05, 0.1) is 19.3 Å². The summed E-state index contributed by atoms with van der Waals surface area (Å²) < 4.78 is 38.0. The molecule has 132 valence electrons. The van der Waals surface area contributed by atoms with Gasteiger partial charge in [-0.05, 0) is 30.3 Å². The summed E-state index contributed by atoms with van der Waals surface area (Å²) in [6, 6.07) is 11.2. The lowest BCUT2D eigenvalue weighted by atomic mass is 10.2. The van der Waals surface area contributed by atoms with Crippen molar-refractivity contribution in [1.29, 1.82) is 0 Å². The van der Waals surface area contributed by atoms with Gasteiger partial charge in [0.1, 0.15) is 16.4 Å². The molecule has 0 spiro atoms. The summed E-state index contributed by atoms with van der Waals surface area (Å²) in [4.78, 5) is 12.0. The molecule has 3 rings (SSSR count). The fourth-order valence-corrected chi connectivity index (χ4v) is 3.81. The van der Waals surface area contributed by atoms with E-state index >= 15 is 0 Å². The van der Waals surface area contributed by atoms with Crippen LogP contribution < -0.4 is 19.5 Å². The third-order valence-corrected chi connectivity index (χ3v) is 5.26. The molecule has 9 heteroatoms. The smallest absolute Gasteiger partial charge is 0.266 e. The Morgan fingerprint density at radius 1 is 1.28 bits per heavy atom. The van der Waals surface area contributed by atoms with E-state index in [-0.39, 0.29) is 22.2 Å². The number of fused-ring (bicyclic) bond motifs is 1. The van der Waals surface area contributed by atoms with Crippen molar-refractivity contribution in [3.05, 3.63) is 47.5 Å². The standard InChI is InChI=1S/C16H15ClN2O5S/c1-23-13-7-6-10(17)8-15(13)25(21,22)18-9-14-16(20)19-11-4-2-3-5-12(11)24-14/h2-8,14,18H,9H2,1H3,(H,19,20). The lowest BCUT2D eigenvalue weighted by Gasteiger charge is -2.25. The summed E-state index contributed by atoms with van der Waals surface area (Å²) in [6.07, 6.45) is -0.991. The largest absolute Gasteiger partial charge is 0.495 e. The minimum atomic E-state index is -3.95. The van der Waals surface area contributed by atoms with E-state index in [4.69, 9.17) is 21.1 Å². The predicted octanol–water partition coefficient (Wildman–Crippen LogP) is 2.03. The van der Waals surface area contributed by atoms with E-state index in [2.05, 4.69) is 10.0 Å². The van der Waals surface area contributed by atoms with E-state index < -0.39 is 22.0 Å². The Morgan fingerprint density at radius 3 is 2.80 bits per heavy atom. The van der Waals surface area contributed by atoms with Crippen LogP contribution in [0.2, 0.25) is 5.02 Å². The van der Waals surface area contributed by atoms with Gasteiger partial charge in [0, 0.05) is 5.02 Å². The van der Waals surface area contributed by atoms with E-state index in [9.17, 15) is 13.2 Å². The number of rotatable bonds is 5. The van der Waals surface area contributed by atoms with E-state index in [0.29, 0.717) is 11.4 Å². The van der Waals surface area contributed by atoms with Gasteiger partial charge < -0.3 is 14.8 Å². The normalized spacial score (nSPS) is 16.6. The molecule has 7 nitrogen and oxygen atoms in total. The van der Waals surface area contributed by atoms with Gasteiger partial charge in [-0.25, -0.2) is 13.1 Å². The summed E-state index contributed by atoms with van der Waals surface area (Å²) in [5.74, 6) is 0.197. The molecule has 2 aromatic rings. The molecule has 0 saturated heterocycles. The van der Waals surface area contributed by atoms with Gasteiger partial charge >= 0.3 is 0 Å². The number of sulfonamides is 1. The van der Waals surface area contributed by atoms with Gasteiger partial charge in [-0.1, -0.05) is 23.7 Å². The highest BCUT2D eigenvalue weighted by atomic mass is 35.5. The number of benzene rings is 2. The van der Waals surface area contributed by atoms with Crippen molar-refractivity contribution in [3.8, 4) is 11.5 Å². The van der Waals surface area contributed by atoms with E-state index in [1.807, 2.05) is 0 Å². The molecule has 1 aliphatic heterocycles. The second-order valence-corrected chi connectivity index (χ2v) is 7.41. The van der Waals surface area contributed by atoms with Gasteiger partial charge in [-0.2, -0.15) is 0 Å². The highest BCUT2D eigenvalue weighted by Gasteiger charge is 2.30. The molecular weight excluding hydrogens is 368 g/mol. The first-order valence-electron chi connectivity index (χ1n) is 7.30. The third kappa shape index (κ3) is 3.71. The summed E-state index contributed by atoms with van der Waals surface area (Å²) in [5.41, 5.74) is 0.545. The molecule has 0 fully saturated rings. The number of carbonyl (C=O) groups excluding carboxylic acids is 1. The molecule has 1 unspecified atom stereocenters. The molecule has 0 bridgehead atoms. The average Bonchev–Trinajstić information content (AvgIpc) is 2.60. The number of carbonyl (C=O) groups is 1. The van der Waals surface area contributed by atoms with Crippen molar-refractivity contribution < 1.29 is 22.7 Å². The number of hydrogen-bond donors (Lipinski definition) is 2. The molecule has 0 aliphatic carbocycles. The zero-order valence-electron chi connectivity index (χ0n) is 13.2. The van der Waals surface area contributed by atoms with Crippen LogP contribution in [0.4, 0.5) is 5.69 Å². The van der Waals surface area contributed by atoms with Gasteiger partial charge in [0.15, 0.2) is 6.10 Å². The molecule has 25 heavy (non-hydrogen) atoms. The number of ether oxygens (including phenoxy) is 2. The first kappa shape index (κ1) is 17.5. The highest BCUT2D eigenvalue weighted by molar-refractivity contribution is 7.89. The van der Waals surface area contributed by atoms with Crippen molar-refractivity contribution in [2.75, 3.05) is 19.0 Å². The molecule has 1 aliphatic rings. The molecule has 1 atom stereocenters. The van der Waals surface area contributed by atoms with Gasteiger partial charge in [0.25, 0.3) is 5.91 Å². The Kier molecular flexibility index (Phi) is 4.85. The Bertz CT molecular complexity index is 916. The van der Waals surface area contributed by atoms with Crippen molar-refractivity contribution >= 4 is 33.2 Å². The molecule has 0 radical (unpaired) electrons. The second-order valence-electron chi connectivity index (χ2n) is 5.24. The SMILES string of the molecule is COc1ccc(Cl)cc1S(=O)(=O)NCC1Oc2ccccc2NC1=O. The monoisotopic (exact) mass is 382 g/mol.